The quantitative estimate of drug-likeness (QED) is 0.739. The molecule has 0 radical (unpaired) electrons. The number of nitrogens with zero attached hydrogens (tertiary/aromatic N) is 2. The standard InChI is InChI=1S/C20H19N3O4/c1-23-18(20(25)26)14(10-22-23)9-21-19(24)13-8-16-15-5-3-2-4-12(15)6-7-17(16)27-11-13/h2-7,10,13H,8-9,11H2,1H3,(H,21,24)(H,25,26). The number of nitrogens with one attached hydrogen (secondary N) is 1. The second-order valence-electron chi connectivity index (χ2n) is 6.64. The fourth-order valence-electron chi connectivity index (χ4n) is 3.54. The molecule has 1 atom stereocenters. The number of hydrogen-bond acceptors (Lipinski definition) is 4. The molecule has 7 heteroatoms. The summed E-state index contributed by atoms with van der Waals surface area (Å²) in [5, 5.41) is 18.2. The Kier molecular flexibility index (Phi) is 4.27. The zero-order valence-electron chi connectivity index (χ0n) is 14.8. The number of carboxylic acid groups (broad SMARTS) is 1. The summed E-state index contributed by atoms with van der Waals surface area (Å²) < 4.78 is 7.10. The van der Waals surface area contributed by atoms with Crippen LogP contribution in [0.1, 0.15) is 21.6 Å². The van der Waals surface area contributed by atoms with Crippen molar-refractivity contribution in [3.63, 3.8) is 0 Å². The molecule has 0 saturated carbocycles. The molecule has 0 bridgehead atoms. The normalized spacial score (nSPS) is 15.8. The van der Waals surface area contributed by atoms with Crippen LogP contribution in [0.2, 0.25) is 0 Å². The van der Waals surface area contributed by atoms with Crippen molar-refractivity contribution < 1.29 is 19.4 Å². The van der Waals surface area contributed by atoms with E-state index in [1.807, 2.05) is 36.4 Å². The maximum atomic E-state index is 12.6. The third-order valence-corrected chi connectivity index (χ3v) is 4.93. The van der Waals surface area contributed by atoms with Gasteiger partial charge in [-0.15, -0.1) is 0 Å². The Morgan fingerprint density at radius 2 is 2.11 bits per heavy atom. The van der Waals surface area contributed by atoms with E-state index < -0.39 is 5.97 Å². The lowest BCUT2D eigenvalue weighted by Crippen LogP contribution is -2.37. The third kappa shape index (κ3) is 3.12. The number of rotatable bonds is 4. The second kappa shape index (κ2) is 6.75. The summed E-state index contributed by atoms with van der Waals surface area (Å²) in [6.07, 6.45) is 2.05. The van der Waals surface area contributed by atoms with Crippen molar-refractivity contribution in [2.24, 2.45) is 13.0 Å². The summed E-state index contributed by atoms with van der Waals surface area (Å²) in [4.78, 5) is 24.0. The number of ether oxygens (including phenoxy) is 1. The second-order valence-corrected chi connectivity index (χ2v) is 6.64. The fraction of sp³-hybridized carbons (Fsp3) is 0.250. The minimum atomic E-state index is -1.07. The van der Waals surface area contributed by atoms with E-state index in [0.29, 0.717) is 18.6 Å². The molecule has 0 spiro atoms. The molecule has 4 rings (SSSR count). The highest BCUT2D eigenvalue weighted by atomic mass is 16.5. The monoisotopic (exact) mass is 365 g/mol. The van der Waals surface area contributed by atoms with Gasteiger partial charge in [0.25, 0.3) is 0 Å². The van der Waals surface area contributed by atoms with Gasteiger partial charge in [0, 0.05) is 24.7 Å². The minimum Gasteiger partial charge on any atom is -0.492 e. The summed E-state index contributed by atoms with van der Waals surface area (Å²) in [5.74, 6) is -0.735. The Morgan fingerprint density at radius 1 is 1.30 bits per heavy atom. The molecule has 1 amide bonds. The van der Waals surface area contributed by atoms with Gasteiger partial charge in [-0.2, -0.15) is 5.10 Å². The Labute approximate surface area is 155 Å². The Morgan fingerprint density at radius 3 is 2.93 bits per heavy atom. The number of carbonyl (C=O) groups excluding carboxylic acids is 1. The van der Waals surface area contributed by atoms with Crippen molar-refractivity contribution >= 4 is 22.6 Å². The van der Waals surface area contributed by atoms with E-state index >= 15 is 0 Å². The van der Waals surface area contributed by atoms with E-state index in [1.165, 1.54) is 10.9 Å². The molecule has 138 valence electrons. The first-order valence-electron chi connectivity index (χ1n) is 8.70. The van der Waals surface area contributed by atoms with E-state index in [4.69, 9.17) is 4.74 Å². The van der Waals surface area contributed by atoms with Gasteiger partial charge < -0.3 is 15.2 Å². The van der Waals surface area contributed by atoms with Gasteiger partial charge in [0.05, 0.1) is 12.1 Å². The summed E-state index contributed by atoms with van der Waals surface area (Å²) in [7, 11) is 1.56. The first-order chi connectivity index (χ1) is 13.0. The molecular formula is C20H19N3O4. The van der Waals surface area contributed by atoms with Crippen molar-refractivity contribution in [2.45, 2.75) is 13.0 Å². The predicted octanol–water partition coefficient (Wildman–Crippen LogP) is 2.14. The van der Waals surface area contributed by atoms with E-state index in [9.17, 15) is 14.7 Å². The van der Waals surface area contributed by atoms with Crippen molar-refractivity contribution in [1.82, 2.24) is 15.1 Å². The van der Waals surface area contributed by atoms with Crippen molar-refractivity contribution in [3.05, 3.63) is 59.4 Å². The van der Waals surface area contributed by atoms with Crippen LogP contribution in [0.4, 0.5) is 0 Å². The van der Waals surface area contributed by atoms with Crippen LogP contribution in [0.25, 0.3) is 10.8 Å². The maximum absolute atomic E-state index is 12.6. The largest absolute Gasteiger partial charge is 0.492 e. The van der Waals surface area contributed by atoms with Crippen LogP contribution in [0, 0.1) is 5.92 Å². The van der Waals surface area contributed by atoms with E-state index in [2.05, 4.69) is 10.4 Å². The van der Waals surface area contributed by atoms with Gasteiger partial charge in [-0.1, -0.05) is 30.3 Å². The third-order valence-electron chi connectivity index (χ3n) is 4.93. The van der Waals surface area contributed by atoms with Crippen LogP contribution in [-0.4, -0.2) is 33.4 Å². The SMILES string of the molecule is Cn1ncc(CNC(=O)C2COc3ccc4ccccc4c3C2)c1C(=O)O. The minimum absolute atomic E-state index is 0.0755. The van der Waals surface area contributed by atoms with Gasteiger partial charge in [0.15, 0.2) is 5.69 Å². The highest BCUT2D eigenvalue weighted by Crippen LogP contribution is 2.33. The van der Waals surface area contributed by atoms with Gasteiger partial charge >= 0.3 is 5.97 Å². The van der Waals surface area contributed by atoms with Gasteiger partial charge in [0.2, 0.25) is 5.91 Å². The number of benzene rings is 2. The van der Waals surface area contributed by atoms with Crippen molar-refractivity contribution in [1.29, 1.82) is 0 Å². The van der Waals surface area contributed by atoms with Crippen molar-refractivity contribution in [3.8, 4) is 5.75 Å². The number of amides is 1. The number of hydrogen-bond donors (Lipinski definition) is 2. The Bertz CT molecular complexity index is 1040. The molecule has 27 heavy (non-hydrogen) atoms. The number of fused-ring (bicyclic) bond motifs is 3. The molecule has 0 fully saturated rings. The molecule has 2 N–H and O–H groups in total. The molecular weight excluding hydrogens is 346 g/mol. The van der Waals surface area contributed by atoms with E-state index in [1.54, 1.807) is 7.05 Å². The molecule has 2 aromatic carbocycles. The number of carbonyl (C=O) groups is 2. The number of aromatic nitrogens is 2. The average molecular weight is 365 g/mol. The average Bonchev–Trinajstić information content (AvgIpc) is 3.06. The first-order valence-corrected chi connectivity index (χ1v) is 8.70. The first kappa shape index (κ1) is 17.1. The van der Waals surface area contributed by atoms with Gasteiger partial charge in [-0.25, -0.2) is 4.79 Å². The lowest BCUT2D eigenvalue weighted by molar-refractivity contribution is -0.126. The Hall–Kier alpha value is -3.35. The summed E-state index contributed by atoms with van der Waals surface area (Å²) in [5.41, 5.74) is 1.58. The highest BCUT2D eigenvalue weighted by molar-refractivity contribution is 5.90. The summed E-state index contributed by atoms with van der Waals surface area (Å²) >= 11 is 0. The smallest absolute Gasteiger partial charge is 0.354 e. The van der Waals surface area contributed by atoms with Crippen LogP contribution in [0.5, 0.6) is 5.75 Å². The molecule has 0 aliphatic carbocycles. The highest BCUT2D eigenvalue weighted by Gasteiger charge is 2.27. The van der Waals surface area contributed by atoms with Crippen LogP contribution in [-0.2, 0) is 24.8 Å². The molecule has 1 unspecified atom stereocenters. The topological polar surface area (TPSA) is 93.5 Å². The lowest BCUT2D eigenvalue weighted by Gasteiger charge is -2.25. The van der Waals surface area contributed by atoms with Crippen LogP contribution in [0.3, 0.4) is 0 Å². The molecule has 1 aliphatic rings. The van der Waals surface area contributed by atoms with E-state index in [-0.39, 0.29) is 24.1 Å². The fourth-order valence-corrected chi connectivity index (χ4v) is 3.54. The molecule has 0 saturated heterocycles. The maximum Gasteiger partial charge on any atom is 0.354 e. The number of aryl methyl sites for hydroxylation is 1. The number of aromatic carboxylic acids is 1. The molecule has 7 nitrogen and oxygen atoms in total. The predicted molar refractivity (Wildman–Crippen MR) is 98.7 cm³/mol. The zero-order chi connectivity index (χ0) is 19.0. The zero-order valence-corrected chi connectivity index (χ0v) is 14.8. The van der Waals surface area contributed by atoms with Gasteiger partial charge in [0.1, 0.15) is 12.4 Å². The Balaban J connectivity index is 1.50. The molecule has 1 aromatic heterocycles. The number of carboxylic acids is 1. The molecule has 2 heterocycles. The molecule has 1 aliphatic heterocycles. The van der Waals surface area contributed by atoms with E-state index in [0.717, 1.165) is 22.1 Å². The molecule has 3 aromatic rings. The van der Waals surface area contributed by atoms with Gasteiger partial charge in [-0.3, -0.25) is 9.48 Å². The summed E-state index contributed by atoms with van der Waals surface area (Å²) in [6.45, 7) is 0.420. The van der Waals surface area contributed by atoms with Crippen LogP contribution >= 0.6 is 0 Å². The van der Waals surface area contributed by atoms with Gasteiger partial charge in [-0.05, 0) is 23.3 Å². The van der Waals surface area contributed by atoms with Crippen LogP contribution in [0.15, 0.2) is 42.6 Å². The van der Waals surface area contributed by atoms with Crippen molar-refractivity contribution in [2.75, 3.05) is 6.61 Å². The lowest BCUT2D eigenvalue weighted by atomic mass is 9.92. The summed E-state index contributed by atoms with van der Waals surface area (Å²) in [6, 6.07) is 12.0. The van der Waals surface area contributed by atoms with Crippen LogP contribution < -0.4 is 10.1 Å².